The fourth-order valence-electron chi connectivity index (χ4n) is 2.40. The first-order valence-electron chi connectivity index (χ1n) is 7.26. The van der Waals surface area contributed by atoms with Gasteiger partial charge in [-0.25, -0.2) is 0 Å². The van der Waals surface area contributed by atoms with Gasteiger partial charge in [0.05, 0.1) is 12.8 Å². The lowest BCUT2D eigenvalue weighted by atomic mass is 9.98. The van der Waals surface area contributed by atoms with Crippen molar-refractivity contribution >= 4 is 17.2 Å². The molecule has 124 valence electrons. The molecule has 1 amide bonds. The number of thiophene rings is 1. The van der Waals surface area contributed by atoms with E-state index < -0.39 is 17.1 Å². The summed E-state index contributed by atoms with van der Waals surface area (Å²) in [6, 6.07) is 9.96. The van der Waals surface area contributed by atoms with Crippen molar-refractivity contribution < 1.29 is 14.3 Å². The summed E-state index contributed by atoms with van der Waals surface area (Å²) in [6.45, 7) is -0.113. The molecule has 24 heavy (non-hydrogen) atoms. The summed E-state index contributed by atoms with van der Waals surface area (Å²) >= 11 is 1.35. The molecule has 0 saturated carbocycles. The third-order valence-electron chi connectivity index (χ3n) is 3.73. The molecule has 0 fully saturated rings. The van der Waals surface area contributed by atoms with E-state index in [4.69, 9.17) is 4.42 Å². The first-order valence-corrected chi connectivity index (χ1v) is 8.14. The van der Waals surface area contributed by atoms with Crippen LogP contribution in [-0.4, -0.2) is 22.1 Å². The smallest absolute Gasteiger partial charge is 0.263 e. The first-order chi connectivity index (χ1) is 11.5. The molecule has 0 aliphatic rings. The fourth-order valence-corrected chi connectivity index (χ4v) is 3.23. The molecule has 3 aromatic heterocycles. The Morgan fingerprint density at radius 2 is 2.17 bits per heavy atom. The Kier molecular flexibility index (Phi) is 4.37. The molecule has 0 radical (unpaired) electrons. The van der Waals surface area contributed by atoms with Gasteiger partial charge in [-0.05, 0) is 35.7 Å². The summed E-state index contributed by atoms with van der Waals surface area (Å²) < 4.78 is 6.67. The van der Waals surface area contributed by atoms with Crippen LogP contribution in [0, 0.1) is 0 Å². The summed E-state index contributed by atoms with van der Waals surface area (Å²) in [6.07, 6.45) is 3.03. The number of rotatable bonds is 5. The number of amides is 1. The van der Waals surface area contributed by atoms with Gasteiger partial charge in [0.15, 0.2) is 5.60 Å². The molecule has 3 rings (SSSR count). The van der Waals surface area contributed by atoms with Gasteiger partial charge in [-0.3, -0.25) is 9.59 Å². The Bertz CT molecular complexity index is 847. The number of pyridine rings is 1. The van der Waals surface area contributed by atoms with Crippen molar-refractivity contribution in [3.63, 3.8) is 0 Å². The molecule has 1 atom stereocenters. The Labute approximate surface area is 142 Å². The molecule has 0 bridgehead atoms. The summed E-state index contributed by atoms with van der Waals surface area (Å²) in [7, 11) is 1.57. The molecule has 3 heterocycles. The Morgan fingerprint density at radius 1 is 1.33 bits per heavy atom. The zero-order valence-electron chi connectivity index (χ0n) is 12.9. The van der Waals surface area contributed by atoms with Crippen molar-refractivity contribution in [1.82, 2.24) is 9.88 Å². The van der Waals surface area contributed by atoms with Crippen LogP contribution in [0.5, 0.6) is 0 Å². The van der Waals surface area contributed by atoms with Crippen LogP contribution in [-0.2, 0) is 12.6 Å². The lowest BCUT2D eigenvalue weighted by Gasteiger charge is -2.25. The summed E-state index contributed by atoms with van der Waals surface area (Å²) in [5, 5.41) is 15.5. The molecule has 0 aliphatic carbocycles. The topological polar surface area (TPSA) is 84.5 Å². The SMILES string of the molecule is Cn1cccc(C(=O)NCC(O)(c2ccco2)c2cccs2)c1=O. The van der Waals surface area contributed by atoms with Crippen molar-refractivity contribution in [2.24, 2.45) is 7.05 Å². The number of nitrogens with one attached hydrogen (secondary N) is 1. The van der Waals surface area contributed by atoms with E-state index in [2.05, 4.69) is 5.32 Å². The number of carbonyl (C=O) groups excluding carboxylic acids is 1. The van der Waals surface area contributed by atoms with Crippen molar-refractivity contribution in [2.45, 2.75) is 5.60 Å². The van der Waals surface area contributed by atoms with E-state index in [1.807, 2.05) is 11.4 Å². The average Bonchev–Trinajstić information content (AvgIpc) is 3.28. The summed E-state index contributed by atoms with van der Waals surface area (Å²) in [4.78, 5) is 25.0. The Balaban J connectivity index is 1.86. The third-order valence-corrected chi connectivity index (χ3v) is 4.75. The number of carbonyl (C=O) groups is 1. The van der Waals surface area contributed by atoms with Crippen LogP contribution in [0.15, 0.2) is 63.4 Å². The van der Waals surface area contributed by atoms with Crippen molar-refractivity contribution in [1.29, 1.82) is 0 Å². The van der Waals surface area contributed by atoms with Gasteiger partial charge in [0.1, 0.15) is 11.3 Å². The van der Waals surface area contributed by atoms with E-state index in [9.17, 15) is 14.7 Å². The molecular weight excluding hydrogens is 328 g/mol. The fraction of sp³-hybridized carbons (Fsp3) is 0.176. The quantitative estimate of drug-likeness (QED) is 0.738. The maximum atomic E-state index is 12.3. The molecular formula is C17H16N2O4S. The van der Waals surface area contributed by atoms with Crippen molar-refractivity contribution in [3.8, 4) is 0 Å². The van der Waals surface area contributed by atoms with Gasteiger partial charge in [-0.15, -0.1) is 11.3 Å². The van der Waals surface area contributed by atoms with E-state index in [0.29, 0.717) is 10.6 Å². The summed E-state index contributed by atoms with van der Waals surface area (Å²) in [5.41, 5.74) is -1.87. The third kappa shape index (κ3) is 2.91. The van der Waals surface area contributed by atoms with Crippen LogP contribution in [0.3, 0.4) is 0 Å². The van der Waals surface area contributed by atoms with Gasteiger partial charge in [-0.1, -0.05) is 6.07 Å². The van der Waals surface area contributed by atoms with Crippen LogP contribution in [0.4, 0.5) is 0 Å². The molecule has 0 aromatic carbocycles. The first kappa shape index (κ1) is 16.2. The highest BCUT2D eigenvalue weighted by Crippen LogP contribution is 2.32. The minimum Gasteiger partial charge on any atom is -0.466 e. The van der Waals surface area contributed by atoms with Gasteiger partial charge in [0.25, 0.3) is 11.5 Å². The second kappa shape index (κ2) is 6.46. The maximum absolute atomic E-state index is 12.3. The monoisotopic (exact) mass is 344 g/mol. The largest absolute Gasteiger partial charge is 0.466 e. The van der Waals surface area contributed by atoms with Crippen LogP contribution >= 0.6 is 11.3 Å². The van der Waals surface area contributed by atoms with Crippen LogP contribution in [0.2, 0.25) is 0 Å². The van der Waals surface area contributed by atoms with Crippen molar-refractivity contribution in [3.05, 3.63) is 80.8 Å². The van der Waals surface area contributed by atoms with Gasteiger partial charge >= 0.3 is 0 Å². The lowest BCUT2D eigenvalue weighted by molar-refractivity contribution is 0.0553. The van der Waals surface area contributed by atoms with E-state index in [1.54, 1.807) is 37.5 Å². The molecule has 0 aliphatic heterocycles. The zero-order valence-corrected chi connectivity index (χ0v) is 13.7. The maximum Gasteiger partial charge on any atom is 0.263 e. The minimum atomic E-state index is -1.49. The second-order valence-corrected chi connectivity index (χ2v) is 6.28. The Hall–Kier alpha value is -2.64. The second-order valence-electron chi connectivity index (χ2n) is 5.34. The number of aryl methyl sites for hydroxylation is 1. The number of aromatic nitrogens is 1. The highest BCUT2D eigenvalue weighted by atomic mass is 32.1. The molecule has 0 spiro atoms. The average molecular weight is 344 g/mol. The van der Waals surface area contributed by atoms with Gasteiger partial charge in [0, 0.05) is 18.1 Å². The van der Waals surface area contributed by atoms with E-state index >= 15 is 0 Å². The molecule has 2 N–H and O–H groups in total. The van der Waals surface area contributed by atoms with E-state index in [1.165, 1.54) is 28.2 Å². The number of hydrogen-bond acceptors (Lipinski definition) is 5. The van der Waals surface area contributed by atoms with Crippen LogP contribution < -0.4 is 10.9 Å². The number of hydrogen-bond donors (Lipinski definition) is 2. The molecule has 1 unspecified atom stereocenters. The minimum absolute atomic E-state index is 0.0213. The zero-order chi connectivity index (χ0) is 17.2. The molecule has 6 nitrogen and oxygen atoms in total. The highest BCUT2D eigenvalue weighted by Gasteiger charge is 2.36. The predicted molar refractivity (Wildman–Crippen MR) is 90.0 cm³/mol. The highest BCUT2D eigenvalue weighted by molar-refractivity contribution is 7.10. The number of furan rings is 1. The molecule has 0 saturated heterocycles. The number of nitrogens with zero attached hydrogens (tertiary/aromatic N) is 1. The van der Waals surface area contributed by atoms with Crippen LogP contribution in [0.25, 0.3) is 0 Å². The molecule has 7 heteroatoms. The van der Waals surface area contributed by atoms with Crippen molar-refractivity contribution in [2.75, 3.05) is 6.54 Å². The van der Waals surface area contributed by atoms with E-state index in [-0.39, 0.29) is 12.1 Å². The standard InChI is InChI=1S/C17H16N2O4S/c1-19-8-2-5-12(16(19)21)15(20)18-11-17(22,13-6-3-9-23-13)14-7-4-10-24-14/h2-10,22H,11H2,1H3,(H,18,20). The number of aliphatic hydroxyl groups is 1. The normalized spacial score (nSPS) is 13.4. The molecule has 3 aromatic rings. The van der Waals surface area contributed by atoms with Crippen LogP contribution in [0.1, 0.15) is 21.0 Å². The summed E-state index contributed by atoms with van der Waals surface area (Å²) in [5.74, 6) is -0.219. The van der Waals surface area contributed by atoms with Gasteiger partial charge in [0.2, 0.25) is 0 Å². The lowest BCUT2D eigenvalue weighted by Crippen LogP contribution is -2.42. The van der Waals surface area contributed by atoms with Gasteiger partial charge < -0.3 is 19.4 Å². The predicted octanol–water partition coefficient (Wildman–Crippen LogP) is 1.71. The Morgan fingerprint density at radius 3 is 2.83 bits per heavy atom. The van der Waals surface area contributed by atoms with Gasteiger partial charge in [-0.2, -0.15) is 0 Å². The van der Waals surface area contributed by atoms with E-state index in [0.717, 1.165) is 0 Å².